The zero-order valence-electron chi connectivity index (χ0n) is 25.2. The molecule has 11 nitrogen and oxygen atoms in total. The highest BCUT2D eigenvalue weighted by molar-refractivity contribution is 5.89. The van der Waals surface area contributed by atoms with E-state index in [2.05, 4.69) is 28.2 Å². The highest BCUT2D eigenvalue weighted by Crippen LogP contribution is 2.33. The number of rotatable bonds is 8. The summed E-state index contributed by atoms with van der Waals surface area (Å²) < 4.78 is 1.50. The maximum Gasteiger partial charge on any atom is 0.354 e. The summed E-state index contributed by atoms with van der Waals surface area (Å²) in [5.74, 6) is 0.876. The molecule has 0 spiro atoms. The van der Waals surface area contributed by atoms with Gasteiger partial charge in [0.25, 0.3) is 0 Å². The Morgan fingerprint density at radius 1 is 1.02 bits per heavy atom. The number of nitrogens with two attached hydrogens (primary N) is 2. The molecule has 2 aliphatic carbocycles. The van der Waals surface area contributed by atoms with Crippen molar-refractivity contribution >= 4 is 17.8 Å². The first-order valence-electron chi connectivity index (χ1n) is 15.3. The summed E-state index contributed by atoms with van der Waals surface area (Å²) in [6.07, 6.45) is 8.83. The second-order valence-corrected chi connectivity index (χ2v) is 12.9. The second-order valence-electron chi connectivity index (χ2n) is 12.9. The Morgan fingerprint density at radius 3 is 2.29 bits per heavy atom. The summed E-state index contributed by atoms with van der Waals surface area (Å²) >= 11 is 0. The van der Waals surface area contributed by atoms with Crippen molar-refractivity contribution in [3.8, 4) is 5.69 Å². The van der Waals surface area contributed by atoms with Crippen molar-refractivity contribution < 1.29 is 9.59 Å². The number of amides is 3. The third kappa shape index (κ3) is 7.37. The number of hydrogen-bond donors (Lipinski definition) is 3. The quantitative estimate of drug-likeness (QED) is 0.437. The number of aromatic nitrogens is 2. The monoisotopic (exact) mass is 578 g/mol. The van der Waals surface area contributed by atoms with E-state index in [0.29, 0.717) is 38.3 Å². The van der Waals surface area contributed by atoms with Crippen molar-refractivity contribution in [2.45, 2.75) is 83.5 Å². The van der Waals surface area contributed by atoms with Crippen molar-refractivity contribution in [3.63, 3.8) is 0 Å². The number of benzene rings is 1. The highest BCUT2D eigenvalue weighted by atomic mass is 16.2. The third-order valence-electron chi connectivity index (χ3n) is 8.87. The minimum atomic E-state index is -0.947. The summed E-state index contributed by atoms with van der Waals surface area (Å²) in [6.45, 7) is 9.08. The van der Waals surface area contributed by atoms with E-state index in [-0.39, 0.29) is 17.8 Å². The highest BCUT2D eigenvalue weighted by Gasteiger charge is 2.32. The van der Waals surface area contributed by atoms with Crippen molar-refractivity contribution in [1.82, 2.24) is 24.3 Å². The molecule has 0 unspecified atom stereocenters. The number of urea groups is 1. The normalized spacial score (nSPS) is 21.5. The number of aryl methyl sites for hydroxylation is 1. The summed E-state index contributed by atoms with van der Waals surface area (Å²) in [7, 11) is 0. The molecule has 228 valence electrons. The van der Waals surface area contributed by atoms with Crippen LogP contribution in [0.15, 0.2) is 35.3 Å². The molecule has 1 saturated heterocycles. The topological polar surface area (TPSA) is 143 Å². The molecule has 2 aromatic rings. The van der Waals surface area contributed by atoms with Gasteiger partial charge in [0.2, 0.25) is 5.91 Å². The first-order chi connectivity index (χ1) is 20.0. The first-order valence-corrected chi connectivity index (χ1v) is 15.3. The minimum absolute atomic E-state index is 0.138. The zero-order chi connectivity index (χ0) is 30.0. The van der Waals surface area contributed by atoms with Crippen LogP contribution in [-0.4, -0.2) is 86.5 Å². The van der Waals surface area contributed by atoms with Gasteiger partial charge in [0.05, 0.1) is 11.2 Å². The molecule has 3 aliphatic rings. The molecule has 5 rings (SSSR count). The van der Waals surface area contributed by atoms with Crippen LogP contribution in [0.4, 0.5) is 10.6 Å². The molecule has 2 saturated carbocycles. The smallest absolute Gasteiger partial charge is 0.338 e. The molecule has 1 aromatic carbocycles. The molecule has 3 fully saturated rings. The van der Waals surface area contributed by atoms with Gasteiger partial charge in [-0.25, -0.2) is 9.59 Å². The fourth-order valence-corrected chi connectivity index (χ4v) is 6.05. The number of anilines is 1. The van der Waals surface area contributed by atoms with Crippen LogP contribution in [0.5, 0.6) is 0 Å². The van der Waals surface area contributed by atoms with E-state index >= 15 is 0 Å². The molecule has 0 atom stereocenters. The molecule has 42 heavy (non-hydrogen) atoms. The summed E-state index contributed by atoms with van der Waals surface area (Å²) in [4.78, 5) is 48.2. The third-order valence-corrected chi connectivity index (χ3v) is 8.87. The number of hydrogen-bond acceptors (Lipinski definition) is 7. The van der Waals surface area contributed by atoms with Crippen LogP contribution in [0.25, 0.3) is 5.69 Å². The van der Waals surface area contributed by atoms with Gasteiger partial charge in [-0.1, -0.05) is 6.07 Å². The number of piperazine rings is 1. The summed E-state index contributed by atoms with van der Waals surface area (Å²) in [5, 5.41) is 2.72. The van der Waals surface area contributed by atoms with Crippen LogP contribution in [0.1, 0.15) is 63.5 Å². The van der Waals surface area contributed by atoms with Gasteiger partial charge in [-0.2, -0.15) is 4.98 Å². The van der Waals surface area contributed by atoms with Gasteiger partial charge in [0.15, 0.2) is 0 Å². The van der Waals surface area contributed by atoms with Crippen LogP contribution in [0.3, 0.4) is 0 Å². The average molecular weight is 579 g/mol. The fraction of sp³-hybridized carbons (Fsp3) is 0.613. The van der Waals surface area contributed by atoms with Gasteiger partial charge in [-0.15, -0.1) is 0 Å². The van der Waals surface area contributed by atoms with Crippen LogP contribution in [0.2, 0.25) is 0 Å². The number of carbonyl (C=O) groups excluding carboxylic acids is 2. The van der Waals surface area contributed by atoms with E-state index in [0.717, 1.165) is 55.9 Å². The Kier molecular flexibility index (Phi) is 9.00. The Morgan fingerprint density at radius 2 is 1.69 bits per heavy atom. The second kappa shape index (κ2) is 12.5. The van der Waals surface area contributed by atoms with Gasteiger partial charge >= 0.3 is 11.7 Å². The van der Waals surface area contributed by atoms with Crippen molar-refractivity contribution in [2.75, 3.05) is 38.0 Å². The van der Waals surface area contributed by atoms with E-state index in [1.54, 1.807) is 35.9 Å². The predicted molar refractivity (Wildman–Crippen MR) is 163 cm³/mol. The Balaban J connectivity index is 1.20. The maximum absolute atomic E-state index is 13.0. The van der Waals surface area contributed by atoms with E-state index in [9.17, 15) is 14.4 Å². The number of nitrogens with zero attached hydrogens (tertiary/aromatic N) is 5. The molecule has 0 radical (unpaired) electrons. The first kappa shape index (κ1) is 30.2. The summed E-state index contributed by atoms with van der Waals surface area (Å²) in [5.41, 5.74) is 13.9. The maximum atomic E-state index is 13.0. The SMILES string of the molecule is Cc1cc(-n2ccc(NC(=O)N3CCN(C(=O)C(C)(C)N)CC3)nc2=O)ccc1CN(CC1CC1)C1CCC(N)CC1. The minimum Gasteiger partial charge on any atom is -0.338 e. The van der Waals surface area contributed by atoms with Gasteiger partial charge in [-0.05, 0) is 94.5 Å². The van der Waals surface area contributed by atoms with Gasteiger partial charge < -0.3 is 21.3 Å². The van der Waals surface area contributed by atoms with Crippen molar-refractivity contribution in [2.24, 2.45) is 17.4 Å². The van der Waals surface area contributed by atoms with Crippen molar-refractivity contribution in [3.05, 3.63) is 52.1 Å². The van der Waals surface area contributed by atoms with E-state index in [1.807, 2.05) is 12.1 Å². The fourth-order valence-electron chi connectivity index (χ4n) is 6.05. The van der Waals surface area contributed by atoms with Crippen LogP contribution < -0.4 is 22.5 Å². The zero-order valence-corrected chi connectivity index (χ0v) is 25.2. The van der Waals surface area contributed by atoms with Crippen LogP contribution in [-0.2, 0) is 11.3 Å². The molecule has 0 bridgehead atoms. The van der Waals surface area contributed by atoms with Gasteiger partial charge in [0, 0.05) is 57.5 Å². The summed E-state index contributed by atoms with van der Waals surface area (Å²) in [6, 6.07) is 8.33. The predicted octanol–water partition coefficient (Wildman–Crippen LogP) is 2.44. The largest absolute Gasteiger partial charge is 0.354 e. The Hall–Kier alpha value is -3.28. The number of nitrogens with one attached hydrogen (secondary N) is 1. The lowest BCUT2D eigenvalue weighted by Gasteiger charge is -2.37. The van der Waals surface area contributed by atoms with Crippen LogP contribution in [0, 0.1) is 12.8 Å². The van der Waals surface area contributed by atoms with E-state index in [4.69, 9.17) is 11.5 Å². The average Bonchev–Trinajstić information content (AvgIpc) is 3.77. The molecule has 11 heteroatoms. The van der Waals surface area contributed by atoms with Crippen LogP contribution >= 0.6 is 0 Å². The number of carbonyl (C=O) groups is 2. The van der Waals surface area contributed by atoms with Gasteiger partial charge in [0.1, 0.15) is 5.82 Å². The molecule has 2 heterocycles. The van der Waals surface area contributed by atoms with E-state index < -0.39 is 11.2 Å². The van der Waals surface area contributed by atoms with Crippen molar-refractivity contribution in [1.29, 1.82) is 0 Å². The Labute approximate surface area is 248 Å². The van der Waals surface area contributed by atoms with Gasteiger partial charge in [-0.3, -0.25) is 19.6 Å². The molecular weight excluding hydrogens is 532 g/mol. The molecule has 3 amide bonds. The lowest BCUT2D eigenvalue weighted by atomic mass is 9.90. The molecule has 1 aliphatic heterocycles. The lowest BCUT2D eigenvalue weighted by molar-refractivity contribution is -0.137. The van der Waals surface area contributed by atoms with E-state index in [1.165, 1.54) is 23.0 Å². The Bertz CT molecular complexity index is 1330. The molecular formula is C31H46N8O3. The molecule has 1 aromatic heterocycles. The lowest BCUT2D eigenvalue weighted by Crippen LogP contribution is -2.58. The molecule has 5 N–H and O–H groups in total. The standard InChI is InChI=1S/C31H46N8O3/c1-21-18-26(9-6-23(21)20-38(19-22-4-5-22)25-10-7-24(32)8-11-25)39-13-12-27(35-30(39)42)34-29(41)37-16-14-36(15-17-37)28(40)31(2,3)33/h6,9,12-13,18,22,24-25H,4-5,7-8,10-11,14-17,19-20,32-33H2,1-3H3,(H,34,35,41,42).